The van der Waals surface area contributed by atoms with Gasteiger partial charge in [-0.15, -0.1) is 0 Å². The van der Waals surface area contributed by atoms with Crippen LogP contribution in [0.3, 0.4) is 0 Å². The minimum Gasteiger partial charge on any atom is -0.349 e. The molecule has 1 aromatic heterocycles. The van der Waals surface area contributed by atoms with Gasteiger partial charge in [-0.05, 0) is 55.9 Å². The van der Waals surface area contributed by atoms with Crippen LogP contribution in [0.15, 0.2) is 42.7 Å². The molecule has 0 fully saturated rings. The smallest absolute Gasteiger partial charge is 0.276 e. The van der Waals surface area contributed by atoms with Crippen LogP contribution in [-0.4, -0.2) is 47.8 Å². The Balaban J connectivity index is 1.68. The summed E-state index contributed by atoms with van der Waals surface area (Å²) in [5, 5.41) is 11.0. The Morgan fingerprint density at radius 1 is 1.03 bits per heavy atom. The molecule has 0 aliphatic heterocycles. The number of nitrogens with zero attached hydrogens (tertiary/aromatic N) is 1. The molecular formula is C22H22ClFN6O3. The van der Waals surface area contributed by atoms with Gasteiger partial charge in [-0.25, -0.2) is 9.37 Å². The maximum absolute atomic E-state index is 13.2. The number of hydrogen-bond donors (Lipinski definition) is 5. The van der Waals surface area contributed by atoms with Gasteiger partial charge in [0.15, 0.2) is 5.69 Å². The summed E-state index contributed by atoms with van der Waals surface area (Å²) < 4.78 is 13.2. The van der Waals surface area contributed by atoms with Crippen molar-refractivity contribution in [2.24, 2.45) is 0 Å². The number of anilines is 2. The molecule has 0 saturated heterocycles. The van der Waals surface area contributed by atoms with Crippen LogP contribution in [0.2, 0.25) is 5.02 Å². The number of aryl methyl sites for hydroxylation is 1. The zero-order valence-electron chi connectivity index (χ0n) is 17.9. The Labute approximate surface area is 194 Å². The Hall–Kier alpha value is -3.76. The Morgan fingerprint density at radius 2 is 1.82 bits per heavy atom. The number of aromatic amines is 1. The third-order valence-electron chi connectivity index (χ3n) is 4.65. The summed E-state index contributed by atoms with van der Waals surface area (Å²) in [6, 6.07) is 8.36. The highest BCUT2D eigenvalue weighted by molar-refractivity contribution is 6.34. The number of carbonyl (C=O) groups is 3. The molecular weight excluding hydrogens is 451 g/mol. The molecule has 3 rings (SSSR count). The molecule has 0 unspecified atom stereocenters. The molecule has 1 heterocycles. The van der Waals surface area contributed by atoms with Gasteiger partial charge in [0.1, 0.15) is 11.5 Å². The molecule has 0 aliphatic rings. The van der Waals surface area contributed by atoms with Gasteiger partial charge in [-0.1, -0.05) is 11.6 Å². The largest absolute Gasteiger partial charge is 0.349 e. The summed E-state index contributed by atoms with van der Waals surface area (Å²) in [6.45, 7) is 2.72. The average Bonchev–Trinajstić information content (AvgIpc) is 3.26. The summed E-state index contributed by atoms with van der Waals surface area (Å²) >= 11 is 5.94. The first-order valence-corrected chi connectivity index (χ1v) is 10.3. The molecule has 9 nitrogen and oxygen atoms in total. The third kappa shape index (κ3) is 5.93. The summed E-state index contributed by atoms with van der Waals surface area (Å²) in [4.78, 5) is 44.0. The molecule has 0 spiro atoms. The molecule has 5 N–H and O–H groups in total. The van der Waals surface area contributed by atoms with Crippen molar-refractivity contribution in [2.75, 3.05) is 30.8 Å². The zero-order chi connectivity index (χ0) is 24.0. The van der Waals surface area contributed by atoms with E-state index in [2.05, 4.69) is 31.2 Å². The van der Waals surface area contributed by atoms with Crippen LogP contribution in [0.5, 0.6) is 0 Å². The summed E-state index contributed by atoms with van der Waals surface area (Å²) in [6.07, 6.45) is 1.27. The number of hydrogen-bond acceptors (Lipinski definition) is 5. The van der Waals surface area contributed by atoms with E-state index in [1.165, 1.54) is 12.4 Å². The number of H-pyrrole nitrogens is 1. The molecule has 3 amide bonds. The molecule has 0 atom stereocenters. The first kappa shape index (κ1) is 23.9. The fourth-order valence-corrected chi connectivity index (χ4v) is 3.22. The van der Waals surface area contributed by atoms with Crippen LogP contribution in [0, 0.1) is 12.7 Å². The number of carbonyl (C=O) groups excluding carboxylic acids is 3. The van der Waals surface area contributed by atoms with Gasteiger partial charge >= 0.3 is 0 Å². The molecule has 0 bridgehead atoms. The van der Waals surface area contributed by atoms with Gasteiger partial charge in [0.25, 0.3) is 17.7 Å². The molecule has 0 radical (unpaired) electrons. The van der Waals surface area contributed by atoms with Crippen molar-refractivity contribution >= 4 is 40.7 Å². The average molecular weight is 473 g/mol. The van der Waals surface area contributed by atoms with E-state index in [-0.39, 0.29) is 22.0 Å². The van der Waals surface area contributed by atoms with E-state index in [0.29, 0.717) is 30.0 Å². The Morgan fingerprint density at radius 3 is 2.52 bits per heavy atom. The van der Waals surface area contributed by atoms with Crippen LogP contribution in [0.25, 0.3) is 0 Å². The number of halogens is 2. The number of likely N-dealkylation sites (N-methyl/N-ethyl adjacent to an activating group) is 1. The minimum absolute atomic E-state index is 0.00108. The Kier molecular flexibility index (Phi) is 7.75. The lowest BCUT2D eigenvalue weighted by Gasteiger charge is -2.12. The fraction of sp³-hybridized carbons (Fsp3) is 0.182. The van der Waals surface area contributed by atoms with Crippen LogP contribution < -0.4 is 21.3 Å². The van der Waals surface area contributed by atoms with Gasteiger partial charge in [0.2, 0.25) is 0 Å². The van der Waals surface area contributed by atoms with E-state index < -0.39 is 23.5 Å². The van der Waals surface area contributed by atoms with Gasteiger partial charge < -0.3 is 26.3 Å². The van der Waals surface area contributed by atoms with Crippen LogP contribution >= 0.6 is 11.6 Å². The lowest BCUT2D eigenvalue weighted by atomic mass is 10.1. The highest BCUT2D eigenvalue weighted by Crippen LogP contribution is 2.23. The number of rotatable bonds is 8. The molecule has 33 heavy (non-hydrogen) atoms. The van der Waals surface area contributed by atoms with E-state index in [4.69, 9.17) is 11.6 Å². The lowest BCUT2D eigenvalue weighted by molar-refractivity contribution is 0.0935. The summed E-state index contributed by atoms with van der Waals surface area (Å²) in [7, 11) is 1.76. The van der Waals surface area contributed by atoms with Gasteiger partial charge in [0.05, 0.1) is 16.9 Å². The molecule has 3 aromatic rings. The molecule has 0 saturated carbocycles. The maximum atomic E-state index is 13.2. The second-order valence-corrected chi connectivity index (χ2v) is 7.45. The van der Waals surface area contributed by atoms with Gasteiger partial charge in [-0.2, -0.15) is 0 Å². The molecule has 172 valence electrons. The first-order chi connectivity index (χ1) is 15.8. The van der Waals surface area contributed by atoms with Crippen molar-refractivity contribution < 1.29 is 18.8 Å². The second kappa shape index (κ2) is 10.7. The Bertz CT molecular complexity index is 1200. The van der Waals surface area contributed by atoms with Gasteiger partial charge in [0, 0.05) is 24.5 Å². The predicted molar refractivity (Wildman–Crippen MR) is 123 cm³/mol. The van der Waals surface area contributed by atoms with E-state index in [1.807, 2.05) is 0 Å². The van der Waals surface area contributed by atoms with Crippen molar-refractivity contribution in [3.63, 3.8) is 0 Å². The molecule has 2 aromatic carbocycles. The first-order valence-electron chi connectivity index (χ1n) is 9.94. The maximum Gasteiger partial charge on any atom is 0.276 e. The number of nitrogens with one attached hydrogen (secondary N) is 5. The highest BCUT2D eigenvalue weighted by atomic mass is 35.5. The van der Waals surface area contributed by atoms with E-state index >= 15 is 0 Å². The topological polar surface area (TPSA) is 128 Å². The van der Waals surface area contributed by atoms with Crippen LogP contribution in [-0.2, 0) is 0 Å². The number of aromatic nitrogens is 2. The third-order valence-corrected chi connectivity index (χ3v) is 4.96. The molecule has 0 aliphatic carbocycles. The fourth-order valence-electron chi connectivity index (χ4n) is 2.96. The normalized spacial score (nSPS) is 10.5. The van der Waals surface area contributed by atoms with Crippen molar-refractivity contribution in [3.05, 3.63) is 76.1 Å². The van der Waals surface area contributed by atoms with Crippen molar-refractivity contribution in [3.8, 4) is 0 Å². The number of benzene rings is 2. The summed E-state index contributed by atoms with van der Waals surface area (Å²) in [5.41, 5.74) is 1.74. The SMILES string of the molecule is CNCCNC(=O)c1[nH]cnc1C(=O)Nc1ccc(NC(=O)c2ccc(F)cc2Cl)c(C)c1. The van der Waals surface area contributed by atoms with E-state index in [9.17, 15) is 18.8 Å². The van der Waals surface area contributed by atoms with Crippen LogP contribution in [0.1, 0.15) is 36.9 Å². The number of amides is 3. The lowest BCUT2D eigenvalue weighted by Crippen LogP contribution is -2.32. The van der Waals surface area contributed by atoms with E-state index in [0.717, 1.165) is 12.1 Å². The highest BCUT2D eigenvalue weighted by Gasteiger charge is 2.20. The van der Waals surface area contributed by atoms with E-state index in [1.54, 1.807) is 32.2 Å². The van der Waals surface area contributed by atoms with Crippen molar-refractivity contribution in [1.82, 2.24) is 20.6 Å². The summed E-state index contributed by atoms with van der Waals surface area (Å²) in [5.74, 6) is -2.04. The van der Waals surface area contributed by atoms with Gasteiger partial charge in [-0.3, -0.25) is 14.4 Å². The van der Waals surface area contributed by atoms with Crippen molar-refractivity contribution in [1.29, 1.82) is 0 Å². The number of imidazole rings is 1. The van der Waals surface area contributed by atoms with Crippen molar-refractivity contribution in [2.45, 2.75) is 6.92 Å². The standard InChI is InChI=1S/C22H22ClFN6O3/c1-12-9-14(4-6-17(12)30-20(31)15-5-3-13(24)10-16(15)23)29-22(33)19-18(27-11-28-19)21(32)26-8-7-25-2/h3-6,9-11,25H,7-8H2,1-2H3,(H,26,32)(H,27,28)(H,29,33)(H,30,31). The van der Waals surface area contributed by atoms with Crippen LogP contribution in [0.4, 0.5) is 15.8 Å². The monoisotopic (exact) mass is 472 g/mol. The second-order valence-electron chi connectivity index (χ2n) is 7.05. The zero-order valence-corrected chi connectivity index (χ0v) is 18.6. The minimum atomic E-state index is -0.565. The quantitative estimate of drug-likeness (QED) is 0.322. The predicted octanol–water partition coefficient (Wildman–Crippen LogP) is 2.96. The molecule has 11 heteroatoms.